The number of amides is 1. The molecule has 1 N–H and O–H groups in total. The van der Waals surface area contributed by atoms with Crippen LogP contribution in [-0.2, 0) is 14.3 Å². The van der Waals surface area contributed by atoms with Crippen LogP contribution in [0.5, 0.6) is 11.5 Å². The van der Waals surface area contributed by atoms with Crippen molar-refractivity contribution >= 4 is 40.2 Å². The summed E-state index contributed by atoms with van der Waals surface area (Å²) in [5.41, 5.74) is 1.49. The molecule has 1 aliphatic rings. The second-order valence-electron chi connectivity index (χ2n) is 8.19. The molecule has 0 bridgehead atoms. The van der Waals surface area contributed by atoms with E-state index in [1.54, 1.807) is 38.1 Å². The van der Waals surface area contributed by atoms with Gasteiger partial charge in [0.2, 0.25) is 0 Å². The number of aliphatic hydroxyl groups is 1. The molecule has 0 aliphatic carbocycles. The number of aliphatic hydroxyl groups excluding tert-OH is 1. The summed E-state index contributed by atoms with van der Waals surface area (Å²) in [5.74, 6) is -1.81. The fraction of sp³-hybridized carbons (Fsp3) is 0.214. The normalized spacial score (nSPS) is 15.3. The molecule has 1 amide bonds. The Labute approximate surface area is 223 Å². The van der Waals surface area contributed by atoms with Crippen molar-refractivity contribution in [3.05, 3.63) is 87.6 Å². The molecule has 38 heavy (non-hydrogen) atoms. The number of carbonyl (C=O) groups excluding carboxylic acids is 3. The van der Waals surface area contributed by atoms with E-state index in [4.69, 9.17) is 14.2 Å². The smallest absolute Gasteiger partial charge is 0.350 e. The van der Waals surface area contributed by atoms with Gasteiger partial charge in [0.05, 0.1) is 38.1 Å². The number of hydrogen-bond donors (Lipinski definition) is 1. The summed E-state index contributed by atoms with van der Waals surface area (Å²) in [5, 5.41) is 11.1. The number of thiazole rings is 1. The predicted molar refractivity (Wildman–Crippen MR) is 143 cm³/mol. The number of hydrogen-bond acceptors (Lipinski definition) is 9. The number of benzene rings is 2. The summed E-state index contributed by atoms with van der Waals surface area (Å²) in [7, 11) is 2.96. The minimum absolute atomic E-state index is 0.125. The maximum absolute atomic E-state index is 13.4. The van der Waals surface area contributed by atoms with Gasteiger partial charge in [0.1, 0.15) is 4.88 Å². The molecule has 9 nitrogen and oxygen atoms in total. The maximum Gasteiger partial charge on any atom is 0.350 e. The Morgan fingerprint density at radius 1 is 1.11 bits per heavy atom. The van der Waals surface area contributed by atoms with Crippen molar-refractivity contribution in [2.45, 2.75) is 19.9 Å². The van der Waals surface area contributed by atoms with Crippen molar-refractivity contribution < 1.29 is 33.7 Å². The van der Waals surface area contributed by atoms with E-state index in [1.807, 2.05) is 30.3 Å². The molecule has 1 aromatic heterocycles. The van der Waals surface area contributed by atoms with E-state index in [-0.39, 0.29) is 22.2 Å². The first-order valence-corrected chi connectivity index (χ1v) is 12.5. The molecule has 10 heteroatoms. The van der Waals surface area contributed by atoms with Gasteiger partial charge in [-0.05, 0) is 43.2 Å². The molecule has 0 saturated heterocycles. The molecule has 1 unspecified atom stereocenters. The van der Waals surface area contributed by atoms with Gasteiger partial charge in [-0.1, -0.05) is 53.8 Å². The highest BCUT2D eigenvalue weighted by Gasteiger charge is 2.45. The molecule has 0 spiro atoms. The third-order valence-corrected chi connectivity index (χ3v) is 7.01. The summed E-state index contributed by atoms with van der Waals surface area (Å²) in [6.07, 6.45) is 2.91. The summed E-state index contributed by atoms with van der Waals surface area (Å²) in [6.45, 7) is 3.49. The lowest BCUT2D eigenvalue weighted by Gasteiger charge is -2.25. The maximum atomic E-state index is 13.4. The lowest BCUT2D eigenvalue weighted by atomic mass is 9.95. The van der Waals surface area contributed by atoms with E-state index in [0.29, 0.717) is 22.8 Å². The zero-order valence-corrected chi connectivity index (χ0v) is 22.1. The number of aryl methyl sites for hydroxylation is 1. The molecule has 4 rings (SSSR count). The second kappa shape index (κ2) is 11.3. The molecule has 2 aromatic carbocycles. The van der Waals surface area contributed by atoms with E-state index < -0.39 is 29.5 Å². The van der Waals surface area contributed by atoms with Crippen molar-refractivity contribution in [1.82, 2.24) is 4.98 Å². The van der Waals surface area contributed by atoms with Crippen LogP contribution in [0.25, 0.3) is 6.08 Å². The van der Waals surface area contributed by atoms with Crippen LogP contribution in [0.3, 0.4) is 0 Å². The molecule has 196 valence electrons. The molecule has 0 fully saturated rings. The van der Waals surface area contributed by atoms with E-state index in [0.717, 1.165) is 16.9 Å². The van der Waals surface area contributed by atoms with Crippen molar-refractivity contribution in [1.29, 1.82) is 0 Å². The minimum Gasteiger partial charge on any atom is -0.503 e. The van der Waals surface area contributed by atoms with Gasteiger partial charge in [-0.25, -0.2) is 9.78 Å². The van der Waals surface area contributed by atoms with Crippen LogP contribution in [0, 0.1) is 6.92 Å². The average Bonchev–Trinajstić information content (AvgIpc) is 3.44. The minimum atomic E-state index is -1.05. The lowest BCUT2D eigenvalue weighted by molar-refractivity contribution is -0.117. The Kier molecular flexibility index (Phi) is 7.92. The topological polar surface area (TPSA) is 115 Å². The fourth-order valence-electron chi connectivity index (χ4n) is 4.09. The van der Waals surface area contributed by atoms with E-state index in [2.05, 4.69) is 4.98 Å². The molecular formula is C28H26N2O7S. The molecule has 1 aliphatic heterocycles. The highest BCUT2D eigenvalue weighted by Crippen LogP contribution is 2.44. The van der Waals surface area contributed by atoms with Crippen LogP contribution in [-0.4, -0.2) is 48.6 Å². The van der Waals surface area contributed by atoms with Crippen LogP contribution in [0.15, 0.2) is 65.9 Å². The third-order valence-electron chi connectivity index (χ3n) is 5.88. The highest BCUT2D eigenvalue weighted by atomic mass is 32.1. The van der Waals surface area contributed by atoms with Crippen LogP contribution in [0.4, 0.5) is 5.13 Å². The molecule has 2 heterocycles. The first-order valence-electron chi connectivity index (χ1n) is 11.7. The first kappa shape index (κ1) is 26.6. The zero-order valence-electron chi connectivity index (χ0n) is 21.3. The fourth-order valence-corrected chi connectivity index (χ4v) is 5.08. The van der Waals surface area contributed by atoms with Gasteiger partial charge in [0.25, 0.3) is 5.91 Å². The number of nitrogens with zero attached hydrogens (tertiary/aromatic N) is 2. The number of ketones is 1. The number of esters is 1. The quantitative estimate of drug-likeness (QED) is 0.307. The third kappa shape index (κ3) is 5.03. The van der Waals surface area contributed by atoms with Crippen LogP contribution in [0.2, 0.25) is 0 Å². The van der Waals surface area contributed by atoms with Crippen LogP contribution < -0.4 is 14.4 Å². The van der Waals surface area contributed by atoms with Gasteiger partial charge >= 0.3 is 5.97 Å². The van der Waals surface area contributed by atoms with Crippen molar-refractivity contribution in [2.75, 3.05) is 25.7 Å². The van der Waals surface area contributed by atoms with E-state index in [1.165, 1.54) is 25.2 Å². The Morgan fingerprint density at radius 3 is 2.47 bits per heavy atom. The number of ether oxygens (including phenoxy) is 3. The highest BCUT2D eigenvalue weighted by molar-refractivity contribution is 7.17. The van der Waals surface area contributed by atoms with Gasteiger partial charge in [0, 0.05) is 0 Å². The number of allylic oxidation sites excluding steroid dienone is 1. The lowest BCUT2D eigenvalue weighted by Crippen LogP contribution is -2.30. The number of aromatic nitrogens is 1. The van der Waals surface area contributed by atoms with Gasteiger partial charge < -0.3 is 19.3 Å². The largest absolute Gasteiger partial charge is 0.503 e. The Hall–Kier alpha value is -4.44. The standard InChI is InChI=1S/C28H26N2O7S/c1-5-37-27(34)25-16(2)29-28(38-25)30-23(18-12-14-20(35-3)21(15-18)36-4)22(24(32)26(30)33)19(31)13-11-17-9-7-6-8-10-17/h6-15,23,32H,5H2,1-4H3. The van der Waals surface area contributed by atoms with Crippen molar-refractivity contribution in [3.63, 3.8) is 0 Å². The van der Waals surface area contributed by atoms with E-state index >= 15 is 0 Å². The van der Waals surface area contributed by atoms with E-state index in [9.17, 15) is 19.5 Å². The van der Waals surface area contributed by atoms with Gasteiger partial charge in [-0.2, -0.15) is 0 Å². The number of carbonyl (C=O) groups is 3. The zero-order chi connectivity index (χ0) is 27.4. The monoisotopic (exact) mass is 534 g/mol. The molecule has 3 aromatic rings. The molecule has 0 saturated carbocycles. The van der Waals surface area contributed by atoms with Crippen LogP contribution >= 0.6 is 11.3 Å². The van der Waals surface area contributed by atoms with Crippen molar-refractivity contribution in [2.24, 2.45) is 0 Å². The Bertz CT molecular complexity index is 1440. The van der Waals surface area contributed by atoms with Gasteiger partial charge in [-0.3, -0.25) is 14.5 Å². The Balaban J connectivity index is 1.83. The number of anilines is 1. The van der Waals surface area contributed by atoms with Gasteiger partial charge in [0.15, 0.2) is 28.2 Å². The Morgan fingerprint density at radius 2 is 1.82 bits per heavy atom. The molecule has 0 radical (unpaired) electrons. The van der Waals surface area contributed by atoms with Crippen molar-refractivity contribution in [3.8, 4) is 11.5 Å². The summed E-state index contributed by atoms with van der Waals surface area (Å²) >= 11 is 0.947. The molecular weight excluding hydrogens is 508 g/mol. The van der Waals surface area contributed by atoms with Crippen LogP contribution in [0.1, 0.15) is 39.5 Å². The van der Waals surface area contributed by atoms with Gasteiger partial charge in [-0.15, -0.1) is 0 Å². The summed E-state index contributed by atoms with van der Waals surface area (Å²) < 4.78 is 15.9. The summed E-state index contributed by atoms with van der Waals surface area (Å²) in [4.78, 5) is 45.1. The SMILES string of the molecule is CCOC(=O)c1sc(N2C(=O)C(O)=C(C(=O)C=Cc3ccccc3)C2c2ccc(OC)c(OC)c2)nc1C. The number of methoxy groups -OCH3 is 2. The molecule has 1 atom stereocenters. The summed E-state index contributed by atoms with van der Waals surface area (Å²) in [6, 6.07) is 13.1. The predicted octanol–water partition coefficient (Wildman–Crippen LogP) is 4.83. The average molecular weight is 535 g/mol. The number of rotatable bonds is 9. The first-order chi connectivity index (χ1) is 18.3. The second-order valence-corrected chi connectivity index (χ2v) is 9.17.